The largest absolute Gasteiger partial charge is 0.309 e. The van der Waals surface area contributed by atoms with Gasteiger partial charge in [-0.3, -0.25) is 0 Å². The van der Waals surface area contributed by atoms with Crippen molar-refractivity contribution in [2.75, 3.05) is 0 Å². The van der Waals surface area contributed by atoms with Crippen molar-refractivity contribution in [1.82, 2.24) is 4.57 Å². The van der Waals surface area contributed by atoms with E-state index >= 15 is 0 Å². The first-order valence-corrected chi connectivity index (χ1v) is 13.0. The highest BCUT2D eigenvalue weighted by Gasteiger charge is 2.35. The molecule has 0 spiro atoms. The van der Waals surface area contributed by atoms with Gasteiger partial charge in [0.25, 0.3) is 0 Å². The van der Waals surface area contributed by atoms with Gasteiger partial charge >= 0.3 is 0 Å². The Morgan fingerprint density at radius 2 is 1.34 bits per heavy atom. The summed E-state index contributed by atoms with van der Waals surface area (Å²) in [6, 6.07) is 38.2. The van der Waals surface area contributed by atoms with Crippen LogP contribution in [-0.2, 0) is 5.41 Å². The smallest absolute Gasteiger partial charge is 0.0555 e. The molecule has 0 N–H and O–H groups in total. The van der Waals surface area contributed by atoms with Crippen LogP contribution in [0.5, 0.6) is 0 Å². The highest BCUT2D eigenvalue weighted by Crippen LogP contribution is 2.50. The van der Waals surface area contributed by atoms with Gasteiger partial charge in [-0.05, 0) is 52.6 Å². The van der Waals surface area contributed by atoms with Crippen molar-refractivity contribution in [2.45, 2.75) is 19.3 Å². The quantitative estimate of drug-likeness (QED) is 0.227. The number of fused-ring (bicyclic) bond motifs is 10. The average molecular weight is 466 g/mol. The van der Waals surface area contributed by atoms with Crippen LogP contribution < -0.4 is 0 Å². The molecule has 8 rings (SSSR count). The van der Waals surface area contributed by atoms with Crippen LogP contribution in [0.1, 0.15) is 25.0 Å². The number of nitrogens with zero attached hydrogens (tertiary/aromatic N) is 1. The van der Waals surface area contributed by atoms with Crippen LogP contribution in [0.15, 0.2) is 103 Å². The monoisotopic (exact) mass is 465 g/mol. The Kier molecular flexibility index (Phi) is 3.67. The van der Waals surface area contributed by atoms with E-state index in [1.807, 2.05) is 11.3 Å². The Hall–Kier alpha value is -3.88. The van der Waals surface area contributed by atoms with Gasteiger partial charge in [0.05, 0.1) is 11.0 Å². The van der Waals surface area contributed by atoms with Crippen LogP contribution in [0.4, 0.5) is 0 Å². The van der Waals surface area contributed by atoms with Crippen LogP contribution in [0.25, 0.3) is 58.8 Å². The fourth-order valence-corrected chi connectivity index (χ4v) is 7.62. The maximum atomic E-state index is 2.46. The topological polar surface area (TPSA) is 4.93 Å². The summed E-state index contributed by atoms with van der Waals surface area (Å²) in [7, 11) is 0. The van der Waals surface area contributed by atoms with Gasteiger partial charge in [0.1, 0.15) is 0 Å². The molecule has 0 saturated heterocycles. The zero-order valence-electron chi connectivity index (χ0n) is 19.7. The van der Waals surface area contributed by atoms with Crippen molar-refractivity contribution >= 4 is 53.3 Å². The van der Waals surface area contributed by atoms with Crippen molar-refractivity contribution in [3.63, 3.8) is 0 Å². The first-order valence-electron chi connectivity index (χ1n) is 12.2. The van der Waals surface area contributed by atoms with Gasteiger partial charge in [-0.15, -0.1) is 11.3 Å². The van der Waals surface area contributed by atoms with E-state index in [9.17, 15) is 0 Å². The number of rotatable bonds is 1. The summed E-state index contributed by atoms with van der Waals surface area (Å²) in [6.07, 6.45) is 0. The van der Waals surface area contributed by atoms with Crippen molar-refractivity contribution in [1.29, 1.82) is 0 Å². The number of aromatic nitrogens is 1. The van der Waals surface area contributed by atoms with Crippen LogP contribution in [0.2, 0.25) is 0 Å². The SMILES string of the molecule is CC1(C)c2ccccc2-c2cc(-n3c4ccccc4c4c5sc6ccccc6c5ccc43)ccc21. The minimum absolute atomic E-state index is 0.0223. The standard InChI is InChI=1S/C33H23NS/c1-33(2)26-12-6-3-9-21(26)25-19-20(15-17-27(25)33)34-28-13-7-4-11-24(28)31-29(34)18-16-23-22-10-5-8-14-30(22)35-32(23)31/h3-19H,1-2H3. The lowest BCUT2D eigenvalue weighted by molar-refractivity contribution is 0.660. The molecule has 35 heavy (non-hydrogen) atoms. The normalized spacial score (nSPS) is 14.2. The zero-order chi connectivity index (χ0) is 23.3. The van der Waals surface area contributed by atoms with Gasteiger partial charge in [0.15, 0.2) is 0 Å². The van der Waals surface area contributed by atoms with E-state index in [0.717, 1.165) is 0 Å². The lowest BCUT2D eigenvalue weighted by Gasteiger charge is -2.21. The highest BCUT2D eigenvalue weighted by atomic mass is 32.1. The van der Waals surface area contributed by atoms with Crippen LogP contribution in [0, 0.1) is 0 Å². The van der Waals surface area contributed by atoms with E-state index < -0.39 is 0 Å². The summed E-state index contributed by atoms with van der Waals surface area (Å²) in [5.74, 6) is 0. The Bertz CT molecular complexity index is 1980. The summed E-state index contributed by atoms with van der Waals surface area (Å²) < 4.78 is 5.19. The molecule has 0 amide bonds. The van der Waals surface area contributed by atoms with Gasteiger partial charge < -0.3 is 4.57 Å². The number of hydrogen-bond acceptors (Lipinski definition) is 1. The van der Waals surface area contributed by atoms with Gasteiger partial charge in [0.2, 0.25) is 0 Å². The van der Waals surface area contributed by atoms with Crippen molar-refractivity contribution < 1.29 is 0 Å². The van der Waals surface area contributed by atoms with Gasteiger partial charge in [-0.25, -0.2) is 0 Å². The molecule has 1 nitrogen and oxygen atoms in total. The van der Waals surface area contributed by atoms with Gasteiger partial charge in [0, 0.05) is 42.0 Å². The minimum Gasteiger partial charge on any atom is -0.309 e. The fourth-order valence-electron chi connectivity index (χ4n) is 6.36. The molecule has 1 aliphatic rings. The molecule has 0 aliphatic heterocycles. The summed E-state index contributed by atoms with van der Waals surface area (Å²) in [5, 5.41) is 5.38. The van der Waals surface area contributed by atoms with E-state index in [-0.39, 0.29) is 5.41 Å². The van der Waals surface area contributed by atoms with E-state index in [4.69, 9.17) is 0 Å². The molecule has 0 bridgehead atoms. The Morgan fingerprint density at radius 3 is 2.26 bits per heavy atom. The highest BCUT2D eigenvalue weighted by molar-refractivity contribution is 7.26. The predicted octanol–water partition coefficient (Wildman–Crippen LogP) is 9.46. The second-order valence-corrected chi connectivity index (χ2v) is 11.2. The zero-order valence-corrected chi connectivity index (χ0v) is 20.5. The molecule has 2 aromatic heterocycles. The molecular formula is C33H23NS. The van der Waals surface area contributed by atoms with E-state index in [1.165, 1.54) is 69.9 Å². The molecule has 166 valence electrons. The second-order valence-electron chi connectivity index (χ2n) is 10.2. The number of hydrogen-bond donors (Lipinski definition) is 0. The summed E-state index contributed by atoms with van der Waals surface area (Å²) in [4.78, 5) is 0. The molecule has 2 heteroatoms. The van der Waals surface area contributed by atoms with Crippen LogP contribution in [-0.4, -0.2) is 4.57 Å². The van der Waals surface area contributed by atoms with Crippen molar-refractivity contribution in [2.24, 2.45) is 0 Å². The third kappa shape index (κ3) is 2.42. The van der Waals surface area contributed by atoms with Gasteiger partial charge in [-0.2, -0.15) is 0 Å². The second kappa shape index (κ2) is 6.62. The lowest BCUT2D eigenvalue weighted by Crippen LogP contribution is -2.14. The summed E-state index contributed by atoms with van der Waals surface area (Å²) >= 11 is 1.91. The molecule has 0 radical (unpaired) electrons. The minimum atomic E-state index is 0.0223. The molecule has 5 aromatic carbocycles. The third-order valence-electron chi connectivity index (χ3n) is 8.01. The predicted molar refractivity (Wildman–Crippen MR) is 151 cm³/mol. The molecule has 0 atom stereocenters. The molecule has 2 heterocycles. The molecule has 7 aromatic rings. The van der Waals surface area contributed by atoms with Gasteiger partial charge in [-0.1, -0.05) is 86.6 Å². The first kappa shape index (κ1) is 19.4. The van der Waals surface area contributed by atoms with Crippen LogP contribution >= 0.6 is 11.3 Å². The number of para-hydroxylation sites is 1. The lowest BCUT2D eigenvalue weighted by atomic mass is 9.82. The van der Waals surface area contributed by atoms with Crippen molar-refractivity contribution in [3.8, 4) is 16.8 Å². The Balaban J connectivity index is 1.48. The fraction of sp³-hybridized carbons (Fsp3) is 0.0909. The molecular weight excluding hydrogens is 442 g/mol. The molecule has 0 saturated carbocycles. The molecule has 0 fully saturated rings. The summed E-state index contributed by atoms with van der Waals surface area (Å²) in [5.41, 5.74) is 9.33. The maximum absolute atomic E-state index is 2.46. The van der Waals surface area contributed by atoms with E-state index in [1.54, 1.807) is 0 Å². The number of thiophene rings is 1. The average Bonchev–Trinajstić information content (AvgIpc) is 3.50. The Morgan fingerprint density at radius 1 is 0.600 bits per heavy atom. The third-order valence-corrected chi connectivity index (χ3v) is 9.21. The first-order chi connectivity index (χ1) is 17.1. The molecule has 1 aliphatic carbocycles. The van der Waals surface area contributed by atoms with Crippen molar-refractivity contribution in [3.05, 3.63) is 114 Å². The van der Waals surface area contributed by atoms with E-state index in [0.29, 0.717) is 0 Å². The number of benzene rings is 5. The summed E-state index contributed by atoms with van der Waals surface area (Å²) in [6.45, 7) is 4.69. The maximum Gasteiger partial charge on any atom is 0.0555 e. The van der Waals surface area contributed by atoms with E-state index in [2.05, 4.69) is 122 Å². The molecule has 0 unspecified atom stereocenters. The van der Waals surface area contributed by atoms with Crippen LogP contribution in [0.3, 0.4) is 0 Å². The Labute approximate surface area is 207 Å².